The van der Waals surface area contributed by atoms with Crippen LogP contribution in [0.3, 0.4) is 0 Å². The van der Waals surface area contributed by atoms with Crippen molar-refractivity contribution in [3.8, 4) is 0 Å². The third-order valence-electron chi connectivity index (χ3n) is 2.13. The van der Waals surface area contributed by atoms with E-state index in [1.807, 2.05) is 24.3 Å². The van der Waals surface area contributed by atoms with Gasteiger partial charge in [0.2, 0.25) is 0 Å². The van der Waals surface area contributed by atoms with Crippen molar-refractivity contribution in [2.75, 3.05) is 0 Å². The minimum absolute atomic E-state index is 0.873. The van der Waals surface area contributed by atoms with Crippen LogP contribution in [0.25, 0.3) is 21.8 Å². The minimum atomic E-state index is 0.873. The zero-order valence-corrected chi connectivity index (χ0v) is 6.77. The molecule has 0 N–H and O–H groups in total. The van der Waals surface area contributed by atoms with Gasteiger partial charge in [-0.2, -0.15) is 0 Å². The van der Waals surface area contributed by atoms with Crippen molar-refractivity contribution in [1.82, 2.24) is 10.1 Å². The van der Waals surface area contributed by atoms with Gasteiger partial charge in [0.1, 0.15) is 11.8 Å². The summed E-state index contributed by atoms with van der Waals surface area (Å²) in [5.41, 5.74) is 1.83. The molecule has 0 atom stereocenters. The predicted molar refractivity (Wildman–Crippen MR) is 49.3 cm³/mol. The largest absolute Gasteiger partial charge is 0.364 e. The Labute approximate surface area is 74.0 Å². The Morgan fingerprint density at radius 2 is 2.08 bits per heavy atom. The topological polar surface area (TPSA) is 38.9 Å². The van der Waals surface area contributed by atoms with E-state index in [-0.39, 0.29) is 0 Å². The Bertz CT molecular complexity index is 571. The first-order chi connectivity index (χ1) is 6.45. The molecule has 3 heteroatoms. The normalized spacial score (nSPS) is 11.1. The first kappa shape index (κ1) is 6.60. The summed E-state index contributed by atoms with van der Waals surface area (Å²) in [5, 5.41) is 6.09. The van der Waals surface area contributed by atoms with Crippen LogP contribution >= 0.6 is 0 Å². The van der Waals surface area contributed by atoms with E-state index in [9.17, 15) is 0 Å². The van der Waals surface area contributed by atoms with E-state index < -0.39 is 0 Å². The summed E-state index contributed by atoms with van der Waals surface area (Å²) in [6.45, 7) is 0. The van der Waals surface area contributed by atoms with Crippen molar-refractivity contribution in [3.63, 3.8) is 0 Å². The fourth-order valence-electron chi connectivity index (χ4n) is 1.51. The number of benzene rings is 1. The summed E-state index contributed by atoms with van der Waals surface area (Å²) < 4.78 is 4.89. The molecule has 0 saturated carbocycles. The van der Waals surface area contributed by atoms with Gasteiger partial charge in [0.15, 0.2) is 0 Å². The lowest BCUT2D eigenvalue weighted by molar-refractivity contribution is 0.413. The molecule has 3 rings (SSSR count). The molecule has 2 aromatic heterocycles. The highest BCUT2D eigenvalue weighted by molar-refractivity contribution is 6.03. The van der Waals surface area contributed by atoms with Crippen molar-refractivity contribution in [2.45, 2.75) is 0 Å². The lowest BCUT2D eigenvalue weighted by Gasteiger charge is -1.94. The Kier molecular flexibility index (Phi) is 1.16. The third kappa shape index (κ3) is 0.839. The number of hydrogen-bond donors (Lipinski definition) is 0. The van der Waals surface area contributed by atoms with Crippen molar-refractivity contribution in [2.24, 2.45) is 0 Å². The van der Waals surface area contributed by atoms with Crippen molar-refractivity contribution < 1.29 is 4.52 Å². The lowest BCUT2D eigenvalue weighted by atomic mass is 10.2. The molecule has 0 bridgehead atoms. The summed E-state index contributed by atoms with van der Waals surface area (Å²) in [4.78, 5) is 4.19. The quantitative estimate of drug-likeness (QED) is 0.520. The molecule has 0 saturated heterocycles. The lowest BCUT2D eigenvalue weighted by Crippen LogP contribution is -1.77. The Morgan fingerprint density at radius 3 is 3.08 bits per heavy atom. The summed E-state index contributed by atoms with van der Waals surface area (Å²) in [6.07, 6.45) is 3.35. The van der Waals surface area contributed by atoms with Gasteiger partial charge in [-0.25, -0.2) is 0 Å². The number of rotatable bonds is 0. The summed E-state index contributed by atoms with van der Waals surface area (Å²) in [7, 11) is 0. The Morgan fingerprint density at radius 1 is 1.08 bits per heavy atom. The fraction of sp³-hybridized carbons (Fsp3) is 0. The highest BCUT2D eigenvalue weighted by atomic mass is 16.4. The fourth-order valence-corrected chi connectivity index (χ4v) is 1.51. The zero-order chi connectivity index (χ0) is 8.67. The van der Waals surface area contributed by atoms with E-state index in [1.165, 1.54) is 0 Å². The standard InChI is InChI=1S/C10H6N2O/c1-2-9-8(3-5-11-9)10-7(1)4-6-13-12-10/h1-6H. The molecule has 0 radical (unpaired) electrons. The van der Waals surface area contributed by atoms with E-state index in [0.717, 1.165) is 21.8 Å². The van der Waals surface area contributed by atoms with Crippen molar-refractivity contribution in [1.29, 1.82) is 0 Å². The molecular formula is C10H6N2O. The minimum Gasteiger partial charge on any atom is -0.364 e. The van der Waals surface area contributed by atoms with Crippen LogP contribution < -0.4 is 0 Å². The van der Waals surface area contributed by atoms with E-state index in [4.69, 9.17) is 4.52 Å². The molecule has 3 aromatic rings. The molecule has 13 heavy (non-hydrogen) atoms. The second kappa shape index (κ2) is 2.29. The SMILES string of the molecule is c1cc2c(ccc3cconc32)n1. The molecule has 0 fully saturated rings. The first-order valence-corrected chi connectivity index (χ1v) is 4.03. The third-order valence-corrected chi connectivity index (χ3v) is 2.13. The van der Waals surface area contributed by atoms with Crippen molar-refractivity contribution in [3.05, 3.63) is 36.7 Å². The van der Waals surface area contributed by atoms with Gasteiger partial charge in [-0.1, -0.05) is 11.2 Å². The number of fused-ring (bicyclic) bond motifs is 3. The van der Waals surface area contributed by atoms with Crippen molar-refractivity contribution >= 4 is 21.8 Å². The highest BCUT2D eigenvalue weighted by Gasteiger charge is 2.02. The van der Waals surface area contributed by atoms with Gasteiger partial charge in [0, 0.05) is 17.0 Å². The summed E-state index contributed by atoms with van der Waals surface area (Å²) in [5.74, 6) is 0. The van der Waals surface area contributed by atoms with E-state index >= 15 is 0 Å². The van der Waals surface area contributed by atoms with Crippen LogP contribution in [0.15, 0.2) is 41.2 Å². The monoisotopic (exact) mass is 170 g/mol. The van der Waals surface area contributed by atoms with Crippen LogP contribution in [0.2, 0.25) is 0 Å². The van der Waals surface area contributed by atoms with Gasteiger partial charge in [0.05, 0.1) is 5.52 Å². The highest BCUT2D eigenvalue weighted by Crippen LogP contribution is 2.21. The average molecular weight is 170 g/mol. The number of aromatic nitrogens is 2. The zero-order valence-electron chi connectivity index (χ0n) is 6.77. The van der Waals surface area contributed by atoms with Crippen LogP contribution in [-0.4, -0.2) is 10.1 Å². The van der Waals surface area contributed by atoms with E-state index in [1.54, 1.807) is 12.5 Å². The molecule has 2 heterocycles. The van der Waals surface area contributed by atoms with Gasteiger partial charge in [0.25, 0.3) is 0 Å². The van der Waals surface area contributed by atoms with E-state index in [0.29, 0.717) is 0 Å². The maximum Gasteiger partial charge on any atom is 0.122 e. The molecule has 0 aliphatic carbocycles. The van der Waals surface area contributed by atoms with Crippen LogP contribution in [-0.2, 0) is 0 Å². The van der Waals surface area contributed by atoms with Gasteiger partial charge in [-0.05, 0) is 18.2 Å². The van der Waals surface area contributed by atoms with E-state index in [2.05, 4.69) is 10.1 Å². The molecule has 62 valence electrons. The van der Waals surface area contributed by atoms with Gasteiger partial charge < -0.3 is 4.52 Å². The van der Waals surface area contributed by atoms with Crippen LogP contribution in [0, 0.1) is 0 Å². The summed E-state index contributed by atoms with van der Waals surface area (Å²) in [6, 6.07) is 7.82. The molecular weight excluding hydrogens is 164 g/mol. The first-order valence-electron chi connectivity index (χ1n) is 4.03. The van der Waals surface area contributed by atoms with Gasteiger partial charge in [-0.15, -0.1) is 0 Å². The average Bonchev–Trinajstić information content (AvgIpc) is 2.65. The van der Waals surface area contributed by atoms with Crippen LogP contribution in [0.4, 0.5) is 0 Å². The summed E-state index contributed by atoms with van der Waals surface area (Å²) >= 11 is 0. The second-order valence-electron chi connectivity index (χ2n) is 2.88. The number of nitrogens with zero attached hydrogens (tertiary/aromatic N) is 2. The van der Waals surface area contributed by atoms with Gasteiger partial charge in [-0.3, -0.25) is 4.98 Å². The predicted octanol–water partition coefficient (Wildman–Crippen LogP) is 2.38. The molecule has 0 unspecified atom stereocenters. The molecule has 0 amide bonds. The Hall–Kier alpha value is -1.90. The maximum atomic E-state index is 4.89. The Balaban J connectivity index is 2.65. The van der Waals surface area contributed by atoms with Gasteiger partial charge >= 0.3 is 0 Å². The molecule has 0 spiro atoms. The molecule has 0 aliphatic rings. The molecule has 1 aromatic carbocycles. The number of hydrogen-bond acceptors (Lipinski definition) is 3. The molecule has 0 aliphatic heterocycles. The maximum absolute atomic E-state index is 4.89. The molecule has 3 nitrogen and oxygen atoms in total. The van der Waals surface area contributed by atoms with Crippen LogP contribution in [0.1, 0.15) is 0 Å². The second-order valence-corrected chi connectivity index (χ2v) is 2.88. The smallest absolute Gasteiger partial charge is 0.122 e. The van der Waals surface area contributed by atoms with Crippen LogP contribution in [0.5, 0.6) is 0 Å².